The third-order valence-electron chi connectivity index (χ3n) is 5.94. The second kappa shape index (κ2) is 8.19. The SMILES string of the molecule is O=C(O)C1C2C=CC(O2)C1C(=O)OCCCCOC(=O)C1C2C=CC(O2)C1C(=O)O. The summed E-state index contributed by atoms with van der Waals surface area (Å²) in [6, 6.07) is 0. The largest absolute Gasteiger partial charge is 0.481 e. The van der Waals surface area contributed by atoms with E-state index in [0.29, 0.717) is 12.8 Å². The summed E-state index contributed by atoms with van der Waals surface area (Å²) >= 11 is 0. The molecule has 0 aromatic heterocycles. The molecule has 30 heavy (non-hydrogen) atoms. The lowest BCUT2D eigenvalue weighted by Gasteiger charge is -2.20. The summed E-state index contributed by atoms with van der Waals surface area (Å²) in [4.78, 5) is 47.3. The molecule has 4 heterocycles. The van der Waals surface area contributed by atoms with Crippen LogP contribution in [0, 0.1) is 23.7 Å². The number of hydrogen-bond acceptors (Lipinski definition) is 8. The number of carboxylic acids is 2. The molecule has 2 N–H and O–H groups in total. The van der Waals surface area contributed by atoms with Crippen LogP contribution >= 0.6 is 0 Å². The lowest BCUT2D eigenvalue weighted by molar-refractivity contribution is -0.158. The van der Waals surface area contributed by atoms with Crippen LogP contribution in [0.15, 0.2) is 24.3 Å². The highest BCUT2D eigenvalue weighted by Crippen LogP contribution is 2.41. The average molecular weight is 422 g/mol. The quantitative estimate of drug-likeness (QED) is 0.299. The number of unbranched alkanes of at least 4 members (excludes halogenated alkanes) is 1. The van der Waals surface area contributed by atoms with E-state index in [1.807, 2.05) is 0 Å². The number of hydrogen-bond donors (Lipinski definition) is 2. The van der Waals surface area contributed by atoms with Crippen molar-refractivity contribution in [2.24, 2.45) is 23.7 Å². The molecule has 0 radical (unpaired) electrons. The molecule has 0 aromatic carbocycles. The molecule has 2 saturated heterocycles. The van der Waals surface area contributed by atoms with Gasteiger partial charge in [0.2, 0.25) is 0 Å². The molecule has 0 aliphatic carbocycles. The summed E-state index contributed by atoms with van der Waals surface area (Å²) in [6.07, 6.45) is 5.08. The summed E-state index contributed by atoms with van der Waals surface area (Å²) in [5.41, 5.74) is 0. The van der Waals surface area contributed by atoms with Gasteiger partial charge in [0.1, 0.15) is 23.7 Å². The smallest absolute Gasteiger partial charge is 0.312 e. The summed E-state index contributed by atoms with van der Waals surface area (Å²) < 4.78 is 21.3. The first kappa shape index (κ1) is 20.5. The van der Waals surface area contributed by atoms with E-state index in [-0.39, 0.29) is 13.2 Å². The van der Waals surface area contributed by atoms with E-state index in [0.717, 1.165) is 0 Å². The molecule has 4 bridgehead atoms. The normalized spacial score (nSPS) is 37.5. The topological polar surface area (TPSA) is 146 Å². The summed E-state index contributed by atoms with van der Waals surface area (Å²) in [7, 11) is 0. The molecular weight excluding hydrogens is 400 g/mol. The van der Waals surface area contributed by atoms with Crippen LogP contribution in [0.2, 0.25) is 0 Å². The van der Waals surface area contributed by atoms with Gasteiger partial charge in [-0.3, -0.25) is 19.2 Å². The molecule has 8 unspecified atom stereocenters. The molecule has 4 rings (SSSR count). The van der Waals surface area contributed by atoms with Crippen LogP contribution in [0.1, 0.15) is 12.8 Å². The van der Waals surface area contributed by atoms with E-state index >= 15 is 0 Å². The number of fused-ring (bicyclic) bond motifs is 4. The average Bonchev–Trinajstić information content (AvgIpc) is 3.48. The van der Waals surface area contributed by atoms with Crippen LogP contribution < -0.4 is 0 Å². The Morgan fingerprint density at radius 1 is 0.633 bits per heavy atom. The second-order valence-electron chi connectivity index (χ2n) is 7.72. The van der Waals surface area contributed by atoms with Crippen LogP contribution in [-0.2, 0) is 38.1 Å². The minimum Gasteiger partial charge on any atom is -0.481 e. The van der Waals surface area contributed by atoms with Crippen LogP contribution in [-0.4, -0.2) is 71.7 Å². The van der Waals surface area contributed by atoms with Gasteiger partial charge in [0.25, 0.3) is 0 Å². The molecule has 10 nitrogen and oxygen atoms in total. The standard InChI is InChI=1S/C20H22O10/c21-17(22)13-9-3-5-11(29-9)15(13)19(25)27-7-1-2-8-28-20(26)16-12-6-4-10(30-12)14(16)18(23)24/h3-6,9-16H,1-2,7-8H2,(H,21,22)(H,23,24). The maximum Gasteiger partial charge on any atom is 0.312 e. The van der Waals surface area contributed by atoms with Crippen molar-refractivity contribution in [2.75, 3.05) is 13.2 Å². The maximum absolute atomic E-state index is 12.3. The van der Waals surface area contributed by atoms with Crippen LogP contribution in [0.5, 0.6) is 0 Å². The van der Waals surface area contributed by atoms with Gasteiger partial charge < -0.3 is 29.2 Å². The fourth-order valence-corrected chi connectivity index (χ4v) is 4.51. The van der Waals surface area contributed by atoms with Gasteiger partial charge in [0.15, 0.2) is 0 Å². The Kier molecular flexibility index (Phi) is 5.61. The Morgan fingerprint density at radius 3 is 1.30 bits per heavy atom. The van der Waals surface area contributed by atoms with Crippen molar-refractivity contribution in [2.45, 2.75) is 37.3 Å². The van der Waals surface area contributed by atoms with Crippen molar-refractivity contribution < 1.29 is 48.3 Å². The zero-order chi connectivity index (χ0) is 21.4. The molecule has 10 heteroatoms. The van der Waals surface area contributed by atoms with E-state index in [4.69, 9.17) is 18.9 Å². The molecular formula is C20H22O10. The molecule has 162 valence electrons. The Morgan fingerprint density at radius 2 is 0.967 bits per heavy atom. The number of aliphatic carboxylic acids is 2. The highest BCUT2D eigenvalue weighted by molar-refractivity contribution is 5.84. The van der Waals surface area contributed by atoms with Gasteiger partial charge >= 0.3 is 23.9 Å². The lowest BCUT2D eigenvalue weighted by Crippen LogP contribution is -2.37. The third-order valence-corrected chi connectivity index (χ3v) is 5.94. The molecule has 4 aliphatic rings. The predicted molar refractivity (Wildman–Crippen MR) is 96.0 cm³/mol. The van der Waals surface area contributed by atoms with E-state index < -0.39 is 72.0 Å². The highest BCUT2D eigenvalue weighted by Gasteiger charge is 2.55. The van der Waals surface area contributed by atoms with Crippen molar-refractivity contribution >= 4 is 23.9 Å². The number of carbonyl (C=O) groups excluding carboxylic acids is 2. The molecule has 0 spiro atoms. The molecule has 2 fully saturated rings. The Bertz CT molecular complexity index is 735. The second-order valence-corrected chi connectivity index (χ2v) is 7.72. The van der Waals surface area contributed by atoms with Crippen molar-refractivity contribution in [3.63, 3.8) is 0 Å². The highest BCUT2D eigenvalue weighted by atomic mass is 16.6. The van der Waals surface area contributed by atoms with Crippen molar-refractivity contribution in [1.82, 2.24) is 0 Å². The van der Waals surface area contributed by atoms with Gasteiger partial charge in [0, 0.05) is 0 Å². The third kappa shape index (κ3) is 3.61. The van der Waals surface area contributed by atoms with Crippen molar-refractivity contribution in [1.29, 1.82) is 0 Å². The maximum atomic E-state index is 12.3. The number of rotatable bonds is 9. The minimum atomic E-state index is -1.10. The predicted octanol–water partition coefficient (Wildman–Crippen LogP) is 0.161. The zero-order valence-electron chi connectivity index (χ0n) is 15.9. The molecule has 0 amide bonds. The fraction of sp³-hybridized carbons (Fsp3) is 0.600. The van der Waals surface area contributed by atoms with Gasteiger partial charge in [-0.2, -0.15) is 0 Å². The lowest BCUT2D eigenvalue weighted by atomic mass is 9.83. The van der Waals surface area contributed by atoms with Gasteiger partial charge in [-0.05, 0) is 12.8 Å². The molecule has 0 aromatic rings. The zero-order valence-corrected chi connectivity index (χ0v) is 15.9. The van der Waals surface area contributed by atoms with Crippen LogP contribution in [0.3, 0.4) is 0 Å². The van der Waals surface area contributed by atoms with Crippen LogP contribution in [0.25, 0.3) is 0 Å². The number of carboxylic acid groups (broad SMARTS) is 2. The van der Waals surface area contributed by atoms with E-state index in [1.54, 1.807) is 24.3 Å². The van der Waals surface area contributed by atoms with Gasteiger partial charge in [-0.15, -0.1) is 0 Å². The first-order chi connectivity index (χ1) is 14.4. The first-order valence-corrected chi connectivity index (χ1v) is 9.85. The first-order valence-electron chi connectivity index (χ1n) is 9.85. The van der Waals surface area contributed by atoms with Gasteiger partial charge in [0.05, 0.1) is 37.6 Å². The molecule has 8 atom stereocenters. The number of esters is 2. The summed E-state index contributed by atoms with van der Waals surface area (Å²) in [5.74, 6) is -7.07. The Balaban J connectivity index is 1.17. The van der Waals surface area contributed by atoms with E-state index in [2.05, 4.69) is 0 Å². The van der Waals surface area contributed by atoms with E-state index in [1.165, 1.54) is 0 Å². The molecule has 4 aliphatic heterocycles. The van der Waals surface area contributed by atoms with Crippen LogP contribution in [0.4, 0.5) is 0 Å². The van der Waals surface area contributed by atoms with E-state index in [9.17, 15) is 29.4 Å². The Hall–Kier alpha value is -2.72. The fourth-order valence-electron chi connectivity index (χ4n) is 4.51. The summed E-state index contributed by atoms with van der Waals surface area (Å²) in [5, 5.41) is 18.6. The Labute approximate surface area is 171 Å². The van der Waals surface area contributed by atoms with Gasteiger partial charge in [-0.25, -0.2) is 0 Å². The van der Waals surface area contributed by atoms with Crippen molar-refractivity contribution in [3.05, 3.63) is 24.3 Å². The number of ether oxygens (including phenoxy) is 4. The molecule has 0 saturated carbocycles. The minimum absolute atomic E-state index is 0.0536. The monoisotopic (exact) mass is 422 g/mol. The van der Waals surface area contributed by atoms with Gasteiger partial charge in [-0.1, -0.05) is 24.3 Å². The van der Waals surface area contributed by atoms with Crippen molar-refractivity contribution in [3.8, 4) is 0 Å². The summed E-state index contributed by atoms with van der Waals surface area (Å²) in [6.45, 7) is 0.107. The number of carbonyl (C=O) groups is 4.